The van der Waals surface area contributed by atoms with Crippen molar-refractivity contribution in [2.75, 3.05) is 13.2 Å². The number of rotatable bonds is 6. The predicted octanol–water partition coefficient (Wildman–Crippen LogP) is 1.12. The molecule has 8 nitrogen and oxygen atoms in total. The first-order valence-corrected chi connectivity index (χ1v) is 6.46. The first-order chi connectivity index (χ1) is 8.00. The van der Waals surface area contributed by atoms with Crippen molar-refractivity contribution in [2.45, 2.75) is 13.8 Å². The van der Waals surface area contributed by atoms with Gasteiger partial charge in [0.15, 0.2) is 0 Å². The average molecular weight is 263 g/mol. The number of aromatic amines is 2. The summed E-state index contributed by atoms with van der Waals surface area (Å²) in [4.78, 5) is 15.6. The maximum atomic E-state index is 12.0. The summed E-state index contributed by atoms with van der Waals surface area (Å²) in [7, 11) is -3.59. The van der Waals surface area contributed by atoms with Gasteiger partial charge < -0.3 is 15.1 Å². The summed E-state index contributed by atoms with van der Waals surface area (Å²) < 4.78 is 25.5. The Kier molecular flexibility index (Phi) is 4.68. The second kappa shape index (κ2) is 5.81. The number of nitrogens with one attached hydrogen (secondary N) is 2. The van der Waals surface area contributed by atoms with Gasteiger partial charge in [-0.15, -0.1) is 4.76 Å². The number of carboxylic acid groups (broad SMARTS) is 1. The van der Waals surface area contributed by atoms with Crippen LogP contribution in [0, 0.1) is 0 Å². The molecule has 0 amide bonds. The van der Waals surface area contributed by atoms with E-state index in [0.717, 1.165) is 0 Å². The van der Waals surface area contributed by atoms with Crippen LogP contribution in [0.2, 0.25) is 0 Å². The minimum atomic E-state index is -3.59. The smallest absolute Gasteiger partial charge is 0.457 e. The Balaban J connectivity index is 3.04. The Labute approximate surface area is 97.3 Å². The van der Waals surface area contributed by atoms with Crippen molar-refractivity contribution >= 4 is 13.7 Å². The molecular formula is C8H14N3O5P. The number of imidazole rings is 1. The molecule has 1 heterocycles. The first kappa shape index (κ1) is 13.7. The van der Waals surface area contributed by atoms with Gasteiger partial charge in [0, 0.05) is 6.20 Å². The lowest BCUT2D eigenvalue weighted by molar-refractivity contribution is 0.0690. The number of nitrogens with zero attached hydrogens (tertiary/aromatic N) is 1. The molecule has 96 valence electrons. The van der Waals surface area contributed by atoms with E-state index in [0.29, 0.717) is 0 Å². The Morgan fingerprint density at radius 1 is 1.47 bits per heavy atom. The van der Waals surface area contributed by atoms with E-state index in [9.17, 15) is 9.36 Å². The molecule has 17 heavy (non-hydrogen) atoms. The molecule has 1 aromatic heterocycles. The van der Waals surface area contributed by atoms with Crippen LogP contribution in [-0.2, 0) is 13.6 Å². The molecule has 0 aliphatic rings. The van der Waals surface area contributed by atoms with E-state index in [1.165, 1.54) is 6.20 Å². The van der Waals surface area contributed by atoms with Crippen molar-refractivity contribution in [1.82, 2.24) is 9.97 Å². The lowest BCUT2D eigenvalue weighted by Crippen LogP contribution is -2.09. The lowest BCUT2D eigenvalue weighted by Gasteiger charge is -2.09. The van der Waals surface area contributed by atoms with Crippen LogP contribution in [0.15, 0.2) is 11.0 Å². The van der Waals surface area contributed by atoms with Crippen LogP contribution in [0.5, 0.6) is 0 Å². The second-order valence-electron chi connectivity index (χ2n) is 2.89. The molecule has 0 aliphatic heterocycles. The maximum absolute atomic E-state index is 12.0. The SMILES string of the molecule is CCOP(=O)(N=c1[nH]cc(C(=O)O)[nH]1)OCC. The highest BCUT2D eigenvalue weighted by atomic mass is 31.2. The van der Waals surface area contributed by atoms with Gasteiger partial charge in [0.1, 0.15) is 5.69 Å². The van der Waals surface area contributed by atoms with Gasteiger partial charge in [0.2, 0.25) is 5.62 Å². The molecule has 3 N–H and O–H groups in total. The predicted molar refractivity (Wildman–Crippen MR) is 58.5 cm³/mol. The van der Waals surface area contributed by atoms with E-state index >= 15 is 0 Å². The summed E-state index contributed by atoms with van der Waals surface area (Å²) in [5.74, 6) is -1.15. The van der Waals surface area contributed by atoms with Gasteiger partial charge in [0.25, 0.3) is 0 Å². The zero-order valence-corrected chi connectivity index (χ0v) is 10.4. The van der Waals surface area contributed by atoms with Crippen molar-refractivity contribution in [3.8, 4) is 0 Å². The normalized spacial score (nSPS) is 12.9. The van der Waals surface area contributed by atoms with E-state index < -0.39 is 13.7 Å². The van der Waals surface area contributed by atoms with Crippen molar-refractivity contribution in [3.63, 3.8) is 0 Å². The number of carbonyl (C=O) groups is 1. The molecule has 0 saturated carbocycles. The molecule has 0 unspecified atom stereocenters. The topological polar surface area (TPSA) is 117 Å². The van der Waals surface area contributed by atoms with Crippen molar-refractivity contribution in [1.29, 1.82) is 0 Å². The van der Waals surface area contributed by atoms with Crippen molar-refractivity contribution in [3.05, 3.63) is 17.5 Å². The molecular weight excluding hydrogens is 249 g/mol. The van der Waals surface area contributed by atoms with Gasteiger partial charge in [-0.1, -0.05) is 0 Å². The second-order valence-corrected chi connectivity index (χ2v) is 4.54. The minimum Gasteiger partial charge on any atom is -0.477 e. The summed E-state index contributed by atoms with van der Waals surface area (Å²) in [6.45, 7) is 3.66. The van der Waals surface area contributed by atoms with E-state index in [2.05, 4.69) is 14.7 Å². The fourth-order valence-corrected chi connectivity index (χ4v) is 2.25. The molecule has 0 atom stereocenters. The van der Waals surface area contributed by atoms with E-state index in [4.69, 9.17) is 14.2 Å². The van der Waals surface area contributed by atoms with E-state index in [1.54, 1.807) is 13.8 Å². The third-order valence-corrected chi connectivity index (χ3v) is 3.26. The quantitative estimate of drug-likeness (QED) is 0.665. The highest BCUT2D eigenvalue weighted by Crippen LogP contribution is 2.48. The molecule has 0 saturated heterocycles. The van der Waals surface area contributed by atoms with Crippen LogP contribution in [0.4, 0.5) is 0 Å². The van der Waals surface area contributed by atoms with Crippen molar-refractivity contribution < 1.29 is 23.5 Å². The van der Waals surface area contributed by atoms with Crippen LogP contribution in [0.1, 0.15) is 24.3 Å². The number of aromatic nitrogens is 2. The van der Waals surface area contributed by atoms with Gasteiger partial charge in [-0.05, 0) is 13.8 Å². The summed E-state index contributed by atoms with van der Waals surface area (Å²) in [6.07, 6.45) is 1.20. The van der Waals surface area contributed by atoms with Gasteiger partial charge >= 0.3 is 13.7 Å². The highest BCUT2D eigenvalue weighted by Gasteiger charge is 2.22. The average Bonchev–Trinajstić information content (AvgIpc) is 2.66. The molecule has 0 aromatic carbocycles. The number of hydrogen-bond acceptors (Lipinski definition) is 4. The molecule has 9 heteroatoms. The summed E-state index contributed by atoms with van der Waals surface area (Å²) >= 11 is 0. The molecule has 0 spiro atoms. The number of hydrogen-bond donors (Lipinski definition) is 3. The van der Waals surface area contributed by atoms with Crippen LogP contribution in [-0.4, -0.2) is 34.3 Å². The number of aromatic carboxylic acids is 1. The maximum Gasteiger partial charge on any atom is 0.457 e. The third-order valence-electron chi connectivity index (χ3n) is 1.64. The van der Waals surface area contributed by atoms with Crippen molar-refractivity contribution in [2.24, 2.45) is 4.76 Å². The van der Waals surface area contributed by atoms with Crippen LogP contribution >= 0.6 is 7.75 Å². The van der Waals surface area contributed by atoms with Gasteiger partial charge in [-0.25, -0.2) is 9.36 Å². The van der Waals surface area contributed by atoms with Crippen LogP contribution in [0.25, 0.3) is 0 Å². The van der Waals surface area contributed by atoms with Crippen LogP contribution in [0.3, 0.4) is 0 Å². The summed E-state index contributed by atoms with van der Waals surface area (Å²) in [5.41, 5.74) is -0.0732. The van der Waals surface area contributed by atoms with Gasteiger partial charge in [-0.2, -0.15) is 0 Å². The molecule has 0 aliphatic carbocycles. The molecule has 0 radical (unpaired) electrons. The van der Waals surface area contributed by atoms with E-state index in [-0.39, 0.29) is 24.5 Å². The summed E-state index contributed by atoms with van der Waals surface area (Å²) in [6, 6.07) is 0. The summed E-state index contributed by atoms with van der Waals surface area (Å²) in [5, 5.41) is 8.68. The first-order valence-electron chi connectivity index (χ1n) is 4.97. The zero-order chi connectivity index (χ0) is 12.9. The van der Waals surface area contributed by atoms with Crippen LogP contribution < -0.4 is 5.62 Å². The molecule has 0 bridgehead atoms. The third kappa shape index (κ3) is 3.85. The Hall–Kier alpha value is -1.37. The molecule has 1 rings (SSSR count). The minimum absolute atomic E-state index is 0.0210. The highest BCUT2D eigenvalue weighted by molar-refractivity contribution is 7.52. The fourth-order valence-electron chi connectivity index (χ4n) is 1.05. The molecule has 1 aromatic rings. The largest absolute Gasteiger partial charge is 0.477 e. The Morgan fingerprint density at radius 3 is 2.47 bits per heavy atom. The fraction of sp³-hybridized carbons (Fsp3) is 0.500. The number of H-pyrrole nitrogens is 2. The Morgan fingerprint density at radius 2 is 2.06 bits per heavy atom. The standard InChI is InChI=1S/C8H14N3O5P/c1-3-15-17(14,16-4-2)11-8-9-5-6(10-8)7(12)13/h5H,3-4H2,1-2H3,(H,12,13)(H2,9,10,11,14). The van der Waals surface area contributed by atoms with E-state index in [1.807, 2.05) is 0 Å². The van der Waals surface area contributed by atoms with Gasteiger partial charge in [-0.3, -0.25) is 9.05 Å². The molecule has 0 fully saturated rings. The Bertz CT molecular complexity index is 481. The number of carboxylic acids is 1. The lowest BCUT2D eigenvalue weighted by atomic mass is 10.5. The monoisotopic (exact) mass is 263 g/mol. The van der Waals surface area contributed by atoms with Gasteiger partial charge in [0.05, 0.1) is 13.2 Å². The zero-order valence-electron chi connectivity index (χ0n) is 9.47.